The molecule has 1 radical (unpaired) electrons. The van der Waals surface area contributed by atoms with E-state index in [9.17, 15) is 28.7 Å². The average molecular weight is 327 g/mol. The molecule has 15 heteroatoms. The van der Waals surface area contributed by atoms with E-state index in [0.29, 0.717) is 0 Å². The molecule has 0 unspecified atom stereocenters. The van der Waals surface area contributed by atoms with Gasteiger partial charge in [-0.05, 0) is 0 Å². The van der Waals surface area contributed by atoms with Gasteiger partial charge < -0.3 is 47.7 Å². The maximum Gasteiger partial charge on any atom is 0.466 e. The Morgan fingerprint density at radius 3 is 0.933 bits per heavy atom. The monoisotopic (exact) mass is 327 g/mol. The first kappa shape index (κ1) is 21.2. The SMILES string of the molecule is O=P(O)(O)O.O=P([O-])([O-])OP(=O)([O-])[O-].[Mn]. The summed E-state index contributed by atoms with van der Waals surface area (Å²) in [5, 5.41) is 0. The zero-order chi connectivity index (χ0) is 12.2. The topological polar surface area (TPSA) is 213 Å². The predicted octanol–water partition coefficient (Wildman–Crippen LogP) is -4.27. The molecule has 0 amide bonds. The molecule has 0 saturated carbocycles. The van der Waals surface area contributed by atoms with E-state index < -0.39 is 23.5 Å². The number of hydrogen-bond acceptors (Lipinski definition) is 8. The molecule has 0 aromatic carbocycles. The second kappa shape index (κ2) is 7.26. The summed E-state index contributed by atoms with van der Waals surface area (Å²) in [6, 6.07) is 0. The van der Waals surface area contributed by atoms with Gasteiger partial charge in [0.25, 0.3) is 0 Å². The van der Waals surface area contributed by atoms with Crippen molar-refractivity contribution < 1.29 is 69.3 Å². The molecule has 0 aliphatic rings. The van der Waals surface area contributed by atoms with Gasteiger partial charge in [0.05, 0.1) is 15.6 Å². The standard InChI is InChI=1S/Mn.H4O7P2.H3O4P/c;1-8(2,3)7-9(4,5)6;1-5(2,3)4/h;(H2,1,2,3)(H2,4,5,6);(H3,1,2,3,4)/p-4. The normalized spacial score (nSPS) is 12.2. The van der Waals surface area contributed by atoms with Gasteiger partial charge in [0, 0.05) is 17.1 Å². The number of phosphoric acid groups is 3. The van der Waals surface area contributed by atoms with Crippen molar-refractivity contribution in [2.45, 2.75) is 0 Å². The Balaban J connectivity index is -0.000000208. The fourth-order valence-electron chi connectivity index (χ4n) is 0.122. The molecule has 0 rings (SSSR count). The Morgan fingerprint density at radius 2 is 0.933 bits per heavy atom. The molecule has 0 aromatic rings. The van der Waals surface area contributed by atoms with Crippen LogP contribution in [0.25, 0.3) is 0 Å². The molecule has 0 aliphatic heterocycles. The van der Waals surface area contributed by atoms with Crippen molar-refractivity contribution in [3.05, 3.63) is 0 Å². The van der Waals surface area contributed by atoms with Crippen LogP contribution >= 0.6 is 23.5 Å². The second-order valence-electron chi connectivity index (χ2n) is 1.49. The van der Waals surface area contributed by atoms with Crippen LogP contribution in [0.4, 0.5) is 0 Å². The molecule has 0 atom stereocenters. The van der Waals surface area contributed by atoms with Crippen molar-refractivity contribution in [3.8, 4) is 0 Å². The van der Waals surface area contributed by atoms with E-state index in [0.717, 1.165) is 0 Å². The summed E-state index contributed by atoms with van der Waals surface area (Å²) in [6.07, 6.45) is 0. The average Bonchev–Trinajstić information content (AvgIpc) is 1.42. The quantitative estimate of drug-likeness (QED) is 0.326. The van der Waals surface area contributed by atoms with Gasteiger partial charge in [-0.25, -0.2) is 4.57 Å². The first-order valence-electron chi connectivity index (χ1n) is 2.24. The maximum atomic E-state index is 9.32. The molecule has 0 heterocycles. The smallest absolute Gasteiger partial charge is 0.466 e. The molecule has 0 aromatic heterocycles. The van der Waals surface area contributed by atoms with Gasteiger partial charge in [-0.3, -0.25) is 0 Å². The van der Waals surface area contributed by atoms with Gasteiger partial charge in [0.15, 0.2) is 0 Å². The van der Waals surface area contributed by atoms with Crippen LogP contribution in [0.3, 0.4) is 0 Å². The summed E-state index contributed by atoms with van der Waals surface area (Å²) in [6.45, 7) is 0. The largest absolute Gasteiger partial charge is 0.790 e. The third kappa shape index (κ3) is 52.1. The van der Waals surface area contributed by atoms with E-state index >= 15 is 0 Å². The van der Waals surface area contributed by atoms with Crippen molar-refractivity contribution in [2.75, 3.05) is 0 Å². The van der Waals surface area contributed by atoms with Crippen LogP contribution in [0.15, 0.2) is 0 Å². The molecule has 11 nitrogen and oxygen atoms in total. The summed E-state index contributed by atoms with van der Waals surface area (Å²) in [5.74, 6) is 0. The van der Waals surface area contributed by atoms with Crippen molar-refractivity contribution in [3.63, 3.8) is 0 Å². The predicted molar refractivity (Wildman–Crippen MR) is 30.6 cm³/mol. The molecule has 0 fully saturated rings. The maximum absolute atomic E-state index is 9.32. The van der Waals surface area contributed by atoms with Crippen molar-refractivity contribution >= 4 is 23.5 Å². The van der Waals surface area contributed by atoms with Gasteiger partial charge in [-0.15, -0.1) is 0 Å². The Labute approximate surface area is 93.3 Å². The Bertz CT molecular complexity index is 259. The Hall–Kier alpha value is 0.889. The summed E-state index contributed by atoms with van der Waals surface area (Å²) in [4.78, 5) is 58.9. The second-order valence-corrected chi connectivity index (χ2v) is 4.96. The van der Waals surface area contributed by atoms with Crippen molar-refractivity contribution in [2.24, 2.45) is 0 Å². The first-order valence-corrected chi connectivity index (χ1v) is 6.73. The van der Waals surface area contributed by atoms with E-state index in [1.165, 1.54) is 0 Å². The zero-order valence-electron chi connectivity index (χ0n) is 6.33. The summed E-state index contributed by atoms with van der Waals surface area (Å²) < 4.78 is 30.0. The molecule has 0 bridgehead atoms. The van der Waals surface area contributed by atoms with E-state index in [4.69, 9.17) is 19.2 Å². The van der Waals surface area contributed by atoms with Crippen LogP contribution in [0.2, 0.25) is 0 Å². The van der Waals surface area contributed by atoms with Crippen LogP contribution in [0.1, 0.15) is 0 Å². The summed E-state index contributed by atoms with van der Waals surface area (Å²) >= 11 is 0. The van der Waals surface area contributed by atoms with Crippen LogP contribution in [-0.2, 0) is 35.1 Å². The summed E-state index contributed by atoms with van der Waals surface area (Å²) in [7, 11) is -16.0. The molecule has 0 saturated heterocycles. The molecule has 95 valence electrons. The fourth-order valence-corrected chi connectivity index (χ4v) is 1.10. The van der Waals surface area contributed by atoms with Crippen LogP contribution in [0.5, 0.6) is 0 Å². The third-order valence-corrected chi connectivity index (χ3v) is 1.80. The van der Waals surface area contributed by atoms with Crippen molar-refractivity contribution in [1.29, 1.82) is 0 Å². The molecule has 0 aliphatic carbocycles. The number of rotatable bonds is 2. The number of hydrogen-bond donors (Lipinski definition) is 3. The Kier molecular flexibility index (Phi) is 10.3. The molecule has 3 N–H and O–H groups in total. The minimum absolute atomic E-state index is 0. The van der Waals surface area contributed by atoms with Crippen LogP contribution in [-0.4, -0.2) is 14.7 Å². The molecule has 15 heavy (non-hydrogen) atoms. The van der Waals surface area contributed by atoms with Gasteiger partial charge in [0.2, 0.25) is 0 Å². The fraction of sp³-hybridized carbons (Fsp3) is 0. The van der Waals surface area contributed by atoms with Gasteiger partial charge in [-0.1, -0.05) is 0 Å². The van der Waals surface area contributed by atoms with E-state index in [2.05, 4.69) is 4.31 Å². The minimum atomic E-state index is -5.68. The van der Waals surface area contributed by atoms with E-state index in [1.54, 1.807) is 0 Å². The molecular weight excluding hydrogens is 324 g/mol. The zero-order valence-corrected chi connectivity index (χ0v) is 10.2. The minimum Gasteiger partial charge on any atom is -0.790 e. The van der Waals surface area contributed by atoms with Gasteiger partial charge in [-0.2, -0.15) is 0 Å². The summed E-state index contributed by atoms with van der Waals surface area (Å²) in [5.41, 5.74) is 0. The Morgan fingerprint density at radius 1 is 0.800 bits per heavy atom. The van der Waals surface area contributed by atoms with E-state index in [-0.39, 0.29) is 17.1 Å². The van der Waals surface area contributed by atoms with Gasteiger partial charge >= 0.3 is 7.82 Å². The molecular formula is H3MnO11P3-4. The van der Waals surface area contributed by atoms with Crippen LogP contribution < -0.4 is 19.6 Å². The van der Waals surface area contributed by atoms with Gasteiger partial charge in [0.1, 0.15) is 0 Å². The first-order chi connectivity index (χ1) is 5.71. The molecule has 0 spiro atoms. The van der Waals surface area contributed by atoms with Crippen LogP contribution in [0, 0.1) is 0 Å². The van der Waals surface area contributed by atoms with E-state index in [1.807, 2.05) is 0 Å². The third-order valence-electron chi connectivity index (χ3n) is 0.200. The van der Waals surface area contributed by atoms with Crippen molar-refractivity contribution in [1.82, 2.24) is 0 Å².